The Balaban J connectivity index is 1.44. The van der Waals surface area contributed by atoms with Crippen molar-refractivity contribution >= 4 is 27.5 Å². The maximum absolute atomic E-state index is 16.9. The van der Waals surface area contributed by atoms with Crippen LogP contribution in [0.2, 0.25) is 0 Å². The number of fused-ring (bicyclic) bond motifs is 2. The number of β-amino-alcohol motifs (C(OH)–C–C–N with tert-alkyl or cyclic N) is 1. The number of aliphatic hydroxyl groups excluding tert-OH is 1. The van der Waals surface area contributed by atoms with Gasteiger partial charge in [-0.2, -0.15) is 23.1 Å². The van der Waals surface area contributed by atoms with Gasteiger partial charge in [0.05, 0.1) is 23.7 Å². The first-order valence-electron chi connectivity index (χ1n) is 15.3. The average Bonchev–Trinajstić information content (AvgIpc) is 3.52. The Labute approximate surface area is 270 Å². The van der Waals surface area contributed by atoms with Gasteiger partial charge in [0, 0.05) is 23.9 Å². The molecule has 4 atom stereocenters. The average molecular weight is 674 g/mol. The first kappa shape index (κ1) is 32.0. The molecule has 0 amide bonds. The number of nitrogens with zero attached hydrogens (tertiary/aromatic N) is 5. The van der Waals surface area contributed by atoms with Gasteiger partial charge in [-0.3, -0.25) is 4.90 Å². The van der Waals surface area contributed by atoms with Crippen molar-refractivity contribution < 1.29 is 46.0 Å². The molecule has 2 N–H and O–H groups in total. The highest BCUT2D eigenvalue weighted by Crippen LogP contribution is 2.44. The Morgan fingerprint density at radius 1 is 1.19 bits per heavy atom. The van der Waals surface area contributed by atoms with Crippen LogP contribution in [-0.2, 0) is 0 Å². The number of pyridine rings is 1. The maximum atomic E-state index is 16.9. The molecule has 0 radical (unpaired) electrons. The molecule has 15 heteroatoms. The predicted octanol–water partition coefficient (Wildman–Crippen LogP) is 5.28. The highest BCUT2D eigenvalue weighted by molar-refractivity contribution is 6.04. The number of hydrogen-bond acceptors (Lipinski definition) is 9. The van der Waals surface area contributed by atoms with E-state index in [1.54, 1.807) is 0 Å². The van der Waals surface area contributed by atoms with E-state index in [0.717, 1.165) is 23.5 Å². The molecule has 9 nitrogen and oxygen atoms in total. The molecule has 252 valence electrons. The number of anilines is 1. The van der Waals surface area contributed by atoms with Crippen molar-refractivity contribution in [3.63, 3.8) is 0 Å². The van der Waals surface area contributed by atoms with Gasteiger partial charge in [0.2, 0.25) is 5.88 Å². The molecule has 2 aromatic heterocycles. The first-order chi connectivity index (χ1) is 22.8. The third-order valence-electron chi connectivity index (χ3n) is 9.41. The van der Waals surface area contributed by atoms with Crippen LogP contribution in [0.5, 0.6) is 17.6 Å². The molecule has 5 heterocycles. The lowest BCUT2D eigenvalue weighted by molar-refractivity contribution is -0.200. The van der Waals surface area contributed by atoms with Gasteiger partial charge in [0.25, 0.3) is 0 Å². The molecular weight excluding hydrogens is 644 g/mol. The molecule has 2 saturated heterocycles. The van der Waals surface area contributed by atoms with E-state index < -0.39 is 65.4 Å². The van der Waals surface area contributed by atoms with Crippen LogP contribution in [0.1, 0.15) is 31.7 Å². The van der Waals surface area contributed by atoms with Crippen LogP contribution in [0.3, 0.4) is 0 Å². The number of terminal acetylenes is 1. The summed E-state index contributed by atoms with van der Waals surface area (Å²) in [6.45, 7) is 1.12. The zero-order chi connectivity index (χ0) is 34.1. The van der Waals surface area contributed by atoms with E-state index in [9.17, 15) is 32.2 Å². The standard InChI is InChI=1S/C33H29F6N5O4/c1-3-20-22(35)6-5-17-9-19(45)10-21(24(17)20)27-26(36)28-25-29(44(13-23(46)33(37,38)39)16(2)14-47-30(25)40-27)42-31(41-28)48-15-32-7-4-8-43(32)12-18(34)11-32/h1,5-6,9-10,16,18,23,45-46H,4,7-8,11-15H2,2H3/t16-,18+,23?,32-/m0/s1. The second kappa shape index (κ2) is 11.6. The van der Waals surface area contributed by atoms with E-state index in [-0.39, 0.29) is 70.9 Å². The van der Waals surface area contributed by atoms with Crippen LogP contribution in [0.4, 0.5) is 32.2 Å². The van der Waals surface area contributed by atoms with Crippen LogP contribution >= 0.6 is 0 Å². The van der Waals surface area contributed by atoms with Gasteiger partial charge in [-0.15, -0.1) is 6.42 Å². The number of phenols is 1. The van der Waals surface area contributed by atoms with Crippen molar-refractivity contribution in [2.45, 2.75) is 56.2 Å². The van der Waals surface area contributed by atoms with E-state index in [0.29, 0.717) is 13.0 Å². The number of phenolic OH excluding ortho intramolecular Hbond substituents is 1. The van der Waals surface area contributed by atoms with Gasteiger partial charge in [-0.05, 0) is 49.9 Å². The number of rotatable bonds is 6. The largest absolute Gasteiger partial charge is 0.508 e. The number of alkyl halides is 4. The van der Waals surface area contributed by atoms with Crippen molar-refractivity contribution in [2.75, 3.05) is 37.7 Å². The van der Waals surface area contributed by atoms with Gasteiger partial charge in [0.15, 0.2) is 11.9 Å². The normalized spacial score (nSPS) is 23.2. The lowest BCUT2D eigenvalue weighted by Crippen LogP contribution is -2.46. The van der Waals surface area contributed by atoms with E-state index in [2.05, 4.69) is 20.9 Å². The number of aromatic nitrogens is 3. The summed E-state index contributed by atoms with van der Waals surface area (Å²) in [5.74, 6) is -0.424. The second-order valence-corrected chi connectivity index (χ2v) is 12.5. The lowest BCUT2D eigenvalue weighted by atomic mass is 9.95. The fourth-order valence-corrected chi connectivity index (χ4v) is 7.11. The van der Waals surface area contributed by atoms with Gasteiger partial charge < -0.3 is 24.6 Å². The summed E-state index contributed by atoms with van der Waals surface area (Å²) in [4.78, 5) is 16.2. The molecule has 7 rings (SSSR count). The maximum Gasteiger partial charge on any atom is 0.416 e. The van der Waals surface area contributed by atoms with E-state index in [1.807, 2.05) is 4.90 Å². The van der Waals surface area contributed by atoms with E-state index in [4.69, 9.17) is 15.9 Å². The number of ether oxygens (including phenoxy) is 2. The number of benzene rings is 2. The Bertz CT molecular complexity index is 1990. The van der Waals surface area contributed by atoms with Gasteiger partial charge >= 0.3 is 12.2 Å². The van der Waals surface area contributed by atoms with Crippen molar-refractivity contribution in [3.05, 3.63) is 41.5 Å². The number of aromatic hydroxyl groups is 1. The minimum absolute atomic E-state index is 0.0655. The molecule has 4 aromatic rings. The zero-order valence-electron chi connectivity index (χ0n) is 25.5. The molecular formula is C33H29F6N5O4. The molecule has 0 saturated carbocycles. The van der Waals surface area contributed by atoms with Crippen LogP contribution in [0.25, 0.3) is 32.9 Å². The van der Waals surface area contributed by atoms with E-state index >= 15 is 4.39 Å². The fourth-order valence-electron chi connectivity index (χ4n) is 7.11. The molecule has 0 aliphatic carbocycles. The molecule has 1 unspecified atom stereocenters. The van der Waals surface area contributed by atoms with Crippen LogP contribution in [-0.4, -0.2) is 92.9 Å². The predicted molar refractivity (Wildman–Crippen MR) is 163 cm³/mol. The fraction of sp³-hybridized carbons (Fsp3) is 0.424. The SMILES string of the molecule is C#Cc1c(F)ccc2cc(O)cc(-c3nc4c5c(nc(OC[C@@]67CCCN6C[C@H](F)C7)nc5c3F)N(CC(O)C(F)(F)F)[C@@H](C)CO4)c12. The summed E-state index contributed by atoms with van der Waals surface area (Å²) >= 11 is 0. The lowest BCUT2D eigenvalue weighted by Gasteiger charge is -2.32. The summed E-state index contributed by atoms with van der Waals surface area (Å²) < 4.78 is 98.8. The van der Waals surface area contributed by atoms with Crippen molar-refractivity contribution in [1.29, 1.82) is 0 Å². The second-order valence-electron chi connectivity index (χ2n) is 12.5. The Morgan fingerprint density at radius 2 is 1.98 bits per heavy atom. The Morgan fingerprint density at radius 3 is 2.73 bits per heavy atom. The van der Waals surface area contributed by atoms with Crippen molar-refractivity contribution in [1.82, 2.24) is 19.9 Å². The van der Waals surface area contributed by atoms with Crippen LogP contribution < -0.4 is 14.4 Å². The summed E-state index contributed by atoms with van der Waals surface area (Å²) in [6.07, 6.45) is -1.58. The zero-order valence-corrected chi connectivity index (χ0v) is 25.5. The summed E-state index contributed by atoms with van der Waals surface area (Å²) in [7, 11) is 0. The quantitative estimate of drug-likeness (QED) is 0.209. The molecule has 0 spiro atoms. The van der Waals surface area contributed by atoms with Gasteiger partial charge in [-0.1, -0.05) is 12.0 Å². The topological polar surface area (TPSA) is 104 Å². The molecule has 48 heavy (non-hydrogen) atoms. The Hall–Kier alpha value is -4.55. The molecule has 2 aromatic carbocycles. The number of hydrogen-bond donors (Lipinski definition) is 2. The minimum Gasteiger partial charge on any atom is -0.508 e. The minimum atomic E-state index is -4.98. The molecule has 3 aliphatic rings. The highest BCUT2D eigenvalue weighted by atomic mass is 19.4. The third-order valence-corrected chi connectivity index (χ3v) is 9.41. The first-order valence-corrected chi connectivity index (χ1v) is 15.3. The van der Waals surface area contributed by atoms with Gasteiger partial charge in [0.1, 0.15) is 53.4 Å². The van der Waals surface area contributed by atoms with Crippen LogP contribution in [0.15, 0.2) is 24.3 Å². The molecule has 0 bridgehead atoms. The third kappa shape index (κ3) is 5.27. The Kier molecular flexibility index (Phi) is 7.71. The monoisotopic (exact) mass is 673 g/mol. The van der Waals surface area contributed by atoms with Gasteiger partial charge in [-0.25, -0.2) is 18.2 Å². The van der Waals surface area contributed by atoms with Crippen molar-refractivity contribution in [2.24, 2.45) is 0 Å². The van der Waals surface area contributed by atoms with Crippen LogP contribution in [0, 0.1) is 24.0 Å². The highest BCUT2D eigenvalue weighted by Gasteiger charge is 2.49. The van der Waals surface area contributed by atoms with E-state index in [1.165, 1.54) is 19.1 Å². The smallest absolute Gasteiger partial charge is 0.416 e. The summed E-state index contributed by atoms with van der Waals surface area (Å²) in [5, 5.41) is 20.8. The summed E-state index contributed by atoms with van der Waals surface area (Å²) in [6, 6.07) is 3.68. The summed E-state index contributed by atoms with van der Waals surface area (Å²) in [5.41, 5.74) is -1.86. The molecule has 3 aliphatic heterocycles. The number of halogens is 6. The number of aliphatic hydroxyl groups is 1. The molecule has 2 fully saturated rings. The van der Waals surface area contributed by atoms with Crippen molar-refractivity contribution in [3.8, 4) is 41.2 Å².